The molecule has 28 heavy (non-hydrogen) atoms. The van der Waals surface area contributed by atoms with Gasteiger partial charge in [0, 0.05) is 24.5 Å². The van der Waals surface area contributed by atoms with E-state index in [0.717, 1.165) is 6.07 Å². The highest BCUT2D eigenvalue weighted by atomic mass is 19.4. The van der Waals surface area contributed by atoms with Crippen molar-refractivity contribution in [2.24, 2.45) is 5.92 Å². The molecule has 1 aromatic heterocycles. The molecule has 3 rings (SSSR count). The second kappa shape index (κ2) is 7.57. The number of benzene rings is 1. The van der Waals surface area contributed by atoms with Crippen LogP contribution in [0.1, 0.15) is 41.8 Å². The minimum atomic E-state index is -4.57. The number of carbonyl (C=O) groups is 2. The summed E-state index contributed by atoms with van der Waals surface area (Å²) >= 11 is 0. The van der Waals surface area contributed by atoms with Crippen LogP contribution in [0.5, 0.6) is 0 Å². The first-order chi connectivity index (χ1) is 13.2. The predicted octanol–water partition coefficient (Wildman–Crippen LogP) is 3.50. The summed E-state index contributed by atoms with van der Waals surface area (Å²) in [5.41, 5.74) is -0.963. The van der Waals surface area contributed by atoms with Crippen LogP contribution in [0.3, 0.4) is 0 Å². The van der Waals surface area contributed by atoms with Crippen LogP contribution in [-0.2, 0) is 17.5 Å². The van der Waals surface area contributed by atoms with Gasteiger partial charge in [0.2, 0.25) is 5.91 Å². The van der Waals surface area contributed by atoms with E-state index in [1.807, 2.05) is 13.8 Å². The van der Waals surface area contributed by atoms with Gasteiger partial charge in [-0.25, -0.2) is 4.98 Å². The van der Waals surface area contributed by atoms with Gasteiger partial charge >= 0.3 is 6.18 Å². The van der Waals surface area contributed by atoms with E-state index < -0.39 is 29.6 Å². The molecule has 1 N–H and O–H groups in total. The van der Waals surface area contributed by atoms with E-state index in [1.165, 1.54) is 35.6 Å². The second-order valence-corrected chi connectivity index (χ2v) is 6.99. The molecule has 1 aromatic carbocycles. The first-order valence-corrected chi connectivity index (χ1v) is 8.75. The Bertz CT molecular complexity index is 884. The molecule has 0 aliphatic carbocycles. The fourth-order valence-electron chi connectivity index (χ4n) is 3.27. The molecule has 148 valence electrons. The molecular weight excluding hydrogens is 373 g/mol. The Morgan fingerprint density at radius 3 is 2.64 bits per heavy atom. The summed E-state index contributed by atoms with van der Waals surface area (Å²) in [4.78, 5) is 34.6. The maximum absolute atomic E-state index is 13.3. The van der Waals surface area contributed by atoms with Crippen molar-refractivity contribution in [3.63, 3.8) is 0 Å². The van der Waals surface area contributed by atoms with Gasteiger partial charge in [-0.15, -0.1) is 0 Å². The number of nitrogens with one attached hydrogen (secondary N) is 1. The van der Waals surface area contributed by atoms with Crippen LogP contribution in [0.2, 0.25) is 0 Å². The lowest BCUT2D eigenvalue weighted by molar-refractivity contribution is -0.138. The van der Waals surface area contributed by atoms with Crippen LogP contribution in [0.4, 0.5) is 19.0 Å². The Morgan fingerprint density at radius 1 is 1.29 bits per heavy atom. The Balaban J connectivity index is 1.91. The molecule has 1 aliphatic heterocycles. The summed E-state index contributed by atoms with van der Waals surface area (Å²) in [5, 5.41) is 2.59. The van der Waals surface area contributed by atoms with Gasteiger partial charge in [-0.2, -0.15) is 13.2 Å². The van der Waals surface area contributed by atoms with Gasteiger partial charge in [-0.3, -0.25) is 14.6 Å². The molecule has 9 heteroatoms. The Morgan fingerprint density at radius 2 is 2.04 bits per heavy atom. The molecule has 2 amide bonds. The van der Waals surface area contributed by atoms with Gasteiger partial charge in [-0.05, 0) is 30.0 Å². The fraction of sp³-hybridized carbons (Fsp3) is 0.368. The molecule has 0 saturated heterocycles. The third kappa shape index (κ3) is 3.97. The van der Waals surface area contributed by atoms with Gasteiger partial charge in [0.25, 0.3) is 5.91 Å². The van der Waals surface area contributed by atoms with Crippen molar-refractivity contribution < 1.29 is 22.8 Å². The summed E-state index contributed by atoms with van der Waals surface area (Å²) in [5.74, 6) is -0.845. The van der Waals surface area contributed by atoms with Crippen molar-refractivity contribution in [2.75, 3.05) is 5.32 Å². The molecule has 0 radical (unpaired) electrons. The highest BCUT2D eigenvalue weighted by Crippen LogP contribution is 2.38. The molecule has 6 nitrogen and oxygen atoms in total. The van der Waals surface area contributed by atoms with E-state index in [-0.39, 0.29) is 29.4 Å². The van der Waals surface area contributed by atoms with Gasteiger partial charge < -0.3 is 10.2 Å². The molecule has 2 heterocycles. The monoisotopic (exact) mass is 392 g/mol. The number of hydrogen-bond acceptors (Lipinski definition) is 4. The largest absolute Gasteiger partial charge is 0.416 e. The van der Waals surface area contributed by atoms with Crippen LogP contribution in [-0.4, -0.2) is 32.7 Å². The molecule has 0 unspecified atom stereocenters. The van der Waals surface area contributed by atoms with E-state index in [1.54, 1.807) is 0 Å². The molecule has 1 atom stereocenters. The fourth-order valence-corrected chi connectivity index (χ4v) is 3.27. The minimum Gasteiger partial charge on any atom is -0.322 e. The second-order valence-electron chi connectivity index (χ2n) is 6.99. The number of fused-ring (bicyclic) bond motifs is 1. The third-order valence-corrected chi connectivity index (χ3v) is 4.49. The Labute approximate surface area is 159 Å². The van der Waals surface area contributed by atoms with Crippen LogP contribution in [0.25, 0.3) is 0 Å². The number of hydrogen-bond donors (Lipinski definition) is 1. The zero-order valence-electron chi connectivity index (χ0n) is 15.3. The van der Waals surface area contributed by atoms with E-state index in [2.05, 4.69) is 15.3 Å². The summed E-state index contributed by atoms with van der Waals surface area (Å²) in [7, 11) is 0. The maximum atomic E-state index is 13.3. The number of carbonyl (C=O) groups excluding carboxylic acids is 2. The number of alkyl halides is 3. The smallest absolute Gasteiger partial charge is 0.322 e. The van der Waals surface area contributed by atoms with Crippen LogP contribution in [0.15, 0.2) is 36.8 Å². The average Bonchev–Trinajstić information content (AvgIpc) is 2.96. The first kappa shape index (κ1) is 19.8. The zero-order valence-corrected chi connectivity index (χ0v) is 15.3. The van der Waals surface area contributed by atoms with Crippen molar-refractivity contribution in [3.8, 4) is 0 Å². The van der Waals surface area contributed by atoms with Crippen molar-refractivity contribution in [3.05, 3.63) is 53.5 Å². The standard InChI is InChI=1S/C19H19F3N4O2/c1-11(2)8-15(17(27)25-16-9-23-6-7-24-16)26-10-13-12(18(26)28)4-3-5-14(13)19(20,21)22/h3-7,9,11,15H,8,10H2,1-2H3,(H,24,25,27)/t15-/m0/s1. The first-order valence-electron chi connectivity index (χ1n) is 8.75. The van der Waals surface area contributed by atoms with Crippen LogP contribution >= 0.6 is 0 Å². The molecule has 1 aliphatic rings. The van der Waals surface area contributed by atoms with E-state index in [9.17, 15) is 22.8 Å². The molecular formula is C19H19F3N4O2. The highest BCUT2D eigenvalue weighted by Gasteiger charge is 2.42. The van der Waals surface area contributed by atoms with Gasteiger partial charge in [0.1, 0.15) is 6.04 Å². The van der Waals surface area contributed by atoms with Gasteiger partial charge in [0.15, 0.2) is 5.82 Å². The van der Waals surface area contributed by atoms with E-state index in [0.29, 0.717) is 6.42 Å². The molecule has 0 spiro atoms. The highest BCUT2D eigenvalue weighted by molar-refractivity contribution is 6.03. The van der Waals surface area contributed by atoms with Crippen molar-refractivity contribution in [1.82, 2.24) is 14.9 Å². The normalized spacial score (nSPS) is 14.9. The van der Waals surface area contributed by atoms with E-state index >= 15 is 0 Å². The third-order valence-electron chi connectivity index (χ3n) is 4.49. The van der Waals surface area contributed by atoms with Crippen LogP contribution in [0, 0.1) is 5.92 Å². The lowest BCUT2D eigenvalue weighted by Gasteiger charge is -2.28. The minimum absolute atomic E-state index is 0.0177. The SMILES string of the molecule is CC(C)C[C@@H](C(=O)Nc1cnccn1)N1Cc2c(cccc2C(F)(F)F)C1=O. The predicted molar refractivity (Wildman–Crippen MR) is 95.2 cm³/mol. The Hall–Kier alpha value is -2.97. The maximum Gasteiger partial charge on any atom is 0.416 e. The number of halogens is 3. The summed E-state index contributed by atoms with van der Waals surface area (Å²) in [6.07, 6.45) is -0.0724. The number of nitrogens with zero attached hydrogens (tertiary/aromatic N) is 3. The van der Waals surface area contributed by atoms with Crippen molar-refractivity contribution in [2.45, 2.75) is 39.0 Å². The van der Waals surface area contributed by atoms with Crippen molar-refractivity contribution >= 4 is 17.6 Å². The quantitative estimate of drug-likeness (QED) is 0.845. The number of aromatic nitrogens is 2. The summed E-state index contributed by atoms with van der Waals surface area (Å²) < 4.78 is 40.0. The summed E-state index contributed by atoms with van der Waals surface area (Å²) in [6.45, 7) is 3.48. The molecule has 0 fully saturated rings. The summed E-state index contributed by atoms with van der Waals surface area (Å²) in [6, 6.07) is 2.59. The lowest BCUT2D eigenvalue weighted by Crippen LogP contribution is -2.45. The molecule has 0 saturated carbocycles. The van der Waals surface area contributed by atoms with Gasteiger partial charge in [0.05, 0.1) is 11.8 Å². The number of anilines is 1. The molecule has 0 bridgehead atoms. The van der Waals surface area contributed by atoms with Crippen molar-refractivity contribution in [1.29, 1.82) is 0 Å². The number of amides is 2. The lowest BCUT2D eigenvalue weighted by atomic mass is 10.0. The topological polar surface area (TPSA) is 75.2 Å². The zero-order chi connectivity index (χ0) is 20.5. The van der Waals surface area contributed by atoms with E-state index in [4.69, 9.17) is 0 Å². The number of rotatable bonds is 5. The average molecular weight is 392 g/mol. The molecule has 2 aromatic rings. The van der Waals surface area contributed by atoms with Crippen LogP contribution < -0.4 is 5.32 Å². The Kier molecular flexibility index (Phi) is 5.35. The van der Waals surface area contributed by atoms with Gasteiger partial charge in [-0.1, -0.05) is 19.9 Å².